The number of piperidine rings is 1. The van der Waals surface area contributed by atoms with Crippen molar-refractivity contribution in [3.05, 3.63) is 0 Å². The zero-order valence-electron chi connectivity index (χ0n) is 8.92. The Labute approximate surface area is 91.6 Å². The van der Waals surface area contributed by atoms with E-state index in [-0.39, 0.29) is 0 Å². The van der Waals surface area contributed by atoms with Crippen LogP contribution in [0.25, 0.3) is 0 Å². The lowest BCUT2D eigenvalue weighted by molar-refractivity contribution is 0.110. The first-order valence-corrected chi connectivity index (χ1v) is 6.17. The SMILES string of the molecule is CC(Cl)C1CCN(C2CCOC2)CC1. The van der Waals surface area contributed by atoms with Crippen LogP contribution in [-0.4, -0.2) is 42.6 Å². The van der Waals surface area contributed by atoms with Crippen molar-refractivity contribution < 1.29 is 4.74 Å². The van der Waals surface area contributed by atoms with Crippen molar-refractivity contribution in [2.45, 2.75) is 37.6 Å². The van der Waals surface area contributed by atoms with Crippen molar-refractivity contribution >= 4 is 11.6 Å². The third kappa shape index (κ3) is 2.41. The maximum atomic E-state index is 6.12. The highest BCUT2D eigenvalue weighted by atomic mass is 35.5. The summed E-state index contributed by atoms with van der Waals surface area (Å²) in [7, 11) is 0. The molecule has 0 bridgehead atoms. The fourth-order valence-corrected chi connectivity index (χ4v) is 2.81. The highest BCUT2D eigenvalue weighted by molar-refractivity contribution is 6.20. The molecule has 2 fully saturated rings. The summed E-state index contributed by atoms with van der Waals surface area (Å²) in [6.45, 7) is 6.46. The van der Waals surface area contributed by atoms with E-state index in [0.717, 1.165) is 19.1 Å². The van der Waals surface area contributed by atoms with Gasteiger partial charge in [-0.3, -0.25) is 4.90 Å². The van der Waals surface area contributed by atoms with Gasteiger partial charge >= 0.3 is 0 Å². The van der Waals surface area contributed by atoms with E-state index in [1.807, 2.05) is 0 Å². The molecule has 0 saturated carbocycles. The molecule has 2 nitrogen and oxygen atoms in total. The van der Waals surface area contributed by atoms with Crippen LogP contribution in [0.15, 0.2) is 0 Å². The molecule has 2 saturated heterocycles. The van der Waals surface area contributed by atoms with E-state index in [2.05, 4.69) is 11.8 Å². The van der Waals surface area contributed by atoms with E-state index < -0.39 is 0 Å². The molecule has 0 N–H and O–H groups in total. The molecule has 0 spiro atoms. The standard InChI is InChI=1S/C11H20ClNO/c1-9(12)10-2-5-13(6-3-10)11-4-7-14-8-11/h9-11H,2-8H2,1H3. The Morgan fingerprint density at radius 1 is 1.29 bits per heavy atom. The predicted molar refractivity (Wildman–Crippen MR) is 58.8 cm³/mol. The first-order valence-electron chi connectivity index (χ1n) is 5.73. The molecular formula is C11H20ClNO. The average Bonchev–Trinajstić information content (AvgIpc) is 2.71. The maximum Gasteiger partial charge on any atom is 0.0622 e. The van der Waals surface area contributed by atoms with Crippen LogP contribution in [0.3, 0.4) is 0 Å². The van der Waals surface area contributed by atoms with Gasteiger partial charge in [-0.1, -0.05) is 0 Å². The van der Waals surface area contributed by atoms with E-state index in [0.29, 0.717) is 11.4 Å². The molecule has 0 radical (unpaired) electrons. The van der Waals surface area contributed by atoms with E-state index in [4.69, 9.17) is 16.3 Å². The Morgan fingerprint density at radius 2 is 2.00 bits per heavy atom. The monoisotopic (exact) mass is 217 g/mol. The van der Waals surface area contributed by atoms with Crippen LogP contribution in [-0.2, 0) is 4.74 Å². The summed E-state index contributed by atoms with van der Waals surface area (Å²) in [6, 6.07) is 0.696. The summed E-state index contributed by atoms with van der Waals surface area (Å²) in [5, 5.41) is 0.344. The number of halogens is 1. The topological polar surface area (TPSA) is 12.5 Å². The van der Waals surface area contributed by atoms with Crippen LogP contribution >= 0.6 is 11.6 Å². The Bertz CT molecular complexity index is 172. The summed E-state index contributed by atoms with van der Waals surface area (Å²) in [5.41, 5.74) is 0. The number of rotatable bonds is 2. The molecule has 2 unspecified atom stereocenters. The largest absolute Gasteiger partial charge is 0.380 e. The molecule has 2 aliphatic heterocycles. The Morgan fingerprint density at radius 3 is 2.50 bits per heavy atom. The van der Waals surface area contributed by atoms with Gasteiger partial charge in [0.15, 0.2) is 0 Å². The smallest absolute Gasteiger partial charge is 0.0622 e. The summed E-state index contributed by atoms with van der Waals surface area (Å²) in [5.74, 6) is 0.732. The summed E-state index contributed by atoms with van der Waals surface area (Å²) in [6.07, 6.45) is 3.75. The van der Waals surface area contributed by atoms with E-state index in [1.165, 1.54) is 32.4 Å². The number of likely N-dealkylation sites (tertiary alicyclic amines) is 1. The second-order valence-corrected chi connectivity index (χ2v) is 5.26. The highest BCUT2D eigenvalue weighted by Crippen LogP contribution is 2.26. The summed E-state index contributed by atoms with van der Waals surface area (Å²) < 4.78 is 5.42. The quantitative estimate of drug-likeness (QED) is 0.657. The molecule has 2 atom stereocenters. The second kappa shape index (κ2) is 4.82. The Kier molecular flexibility index (Phi) is 3.69. The number of ether oxygens (including phenoxy) is 1. The number of hydrogen-bond donors (Lipinski definition) is 0. The fourth-order valence-electron chi connectivity index (χ4n) is 2.55. The first kappa shape index (κ1) is 10.7. The minimum atomic E-state index is 0.344. The maximum absolute atomic E-state index is 6.12. The minimum absolute atomic E-state index is 0.344. The van der Waals surface area contributed by atoms with Crippen LogP contribution in [0.2, 0.25) is 0 Å². The lowest BCUT2D eigenvalue weighted by Crippen LogP contribution is -2.42. The molecule has 0 aromatic carbocycles. The highest BCUT2D eigenvalue weighted by Gasteiger charge is 2.28. The van der Waals surface area contributed by atoms with Gasteiger partial charge in [-0.2, -0.15) is 0 Å². The van der Waals surface area contributed by atoms with Crippen LogP contribution in [0.5, 0.6) is 0 Å². The summed E-state index contributed by atoms with van der Waals surface area (Å²) >= 11 is 6.12. The Balaban J connectivity index is 1.77. The van der Waals surface area contributed by atoms with Gasteiger partial charge in [-0.15, -0.1) is 11.6 Å². The molecule has 2 heterocycles. The van der Waals surface area contributed by atoms with Gasteiger partial charge in [0.2, 0.25) is 0 Å². The molecule has 0 amide bonds. The molecule has 0 aromatic rings. The van der Waals surface area contributed by atoms with Crippen LogP contribution in [0, 0.1) is 5.92 Å². The predicted octanol–water partition coefficient (Wildman–Crippen LogP) is 2.11. The fraction of sp³-hybridized carbons (Fsp3) is 1.00. The van der Waals surface area contributed by atoms with E-state index >= 15 is 0 Å². The third-order valence-electron chi connectivity index (χ3n) is 3.65. The van der Waals surface area contributed by atoms with Crippen molar-refractivity contribution in [1.29, 1.82) is 0 Å². The molecule has 2 aliphatic rings. The van der Waals surface area contributed by atoms with E-state index in [1.54, 1.807) is 0 Å². The van der Waals surface area contributed by atoms with Gasteiger partial charge < -0.3 is 4.74 Å². The van der Waals surface area contributed by atoms with Gasteiger partial charge in [0, 0.05) is 18.0 Å². The van der Waals surface area contributed by atoms with Crippen molar-refractivity contribution in [2.24, 2.45) is 5.92 Å². The lowest BCUT2D eigenvalue weighted by atomic mass is 9.93. The molecule has 14 heavy (non-hydrogen) atoms. The zero-order chi connectivity index (χ0) is 9.97. The van der Waals surface area contributed by atoms with Crippen molar-refractivity contribution in [1.82, 2.24) is 4.90 Å². The van der Waals surface area contributed by atoms with Gasteiger partial charge in [0.05, 0.1) is 6.61 Å². The van der Waals surface area contributed by atoms with Crippen LogP contribution in [0.4, 0.5) is 0 Å². The summed E-state index contributed by atoms with van der Waals surface area (Å²) in [4.78, 5) is 2.59. The number of nitrogens with zero attached hydrogens (tertiary/aromatic N) is 1. The number of hydrogen-bond acceptors (Lipinski definition) is 2. The van der Waals surface area contributed by atoms with Crippen LogP contribution < -0.4 is 0 Å². The van der Waals surface area contributed by atoms with Gasteiger partial charge in [-0.05, 0) is 45.2 Å². The first-order chi connectivity index (χ1) is 6.77. The zero-order valence-corrected chi connectivity index (χ0v) is 9.67. The number of alkyl halides is 1. The minimum Gasteiger partial charge on any atom is -0.380 e. The molecular weight excluding hydrogens is 198 g/mol. The molecule has 82 valence electrons. The van der Waals surface area contributed by atoms with E-state index in [9.17, 15) is 0 Å². The average molecular weight is 218 g/mol. The molecule has 3 heteroatoms. The molecule has 2 rings (SSSR count). The Hall–Kier alpha value is 0.210. The third-order valence-corrected chi connectivity index (χ3v) is 4.00. The molecule has 0 aliphatic carbocycles. The van der Waals surface area contributed by atoms with Crippen LogP contribution in [0.1, 0.15) is 26.2 Å². The van der Waals surface area contributed by atoms with Gasteiger partial charge in [-0.25, -0.2) is 0 Å². The van der Waals surface area contributed by atoms with Crippen molar-refractivity contribution in [2.75, 3.05) is 26.3 Å². The molecule has 0 aromatic heterocycles. The van der Waals surface area contributed by atoms with Gasteiger partial charge in [0.1, 0.15) is 0 Å². The van der Waals surface area contributed by atoms with Crippen molar-refractivity contribution in [3.63, 3.8) is 0 Å². The normalized spacial score (nSPS) is 33.4. The van der Waals surface area contributed by atoms with Gasteiger partial charge in [0.25, 0.3) is 0 Å². The lowest BCUT2D eigenvalue weighted by Gasteiger charge is -2.36. The van der Waals surface area contributed by atoms with Crippen molar-refractivity contribution in [3.8, 4) is 0 Å². The second-order valence-electron chi connectivity index (χ2n) is 4.57.